The van der Waals surface area contributed by atoms with Gasteiger partial charge in [-0.1, -0.05) is 6.92 Å². The summed E-state index contributed by atoms with van der Waals surface area (Å²) in [7, 11) is 0. The Morgan fingerprint density at radius 2 is 2.11 bits per heavy atom. The van der Waals surface area contributed by atoms with Crippen LogP contribution in [-0.4, -0.2) is 11.4 Å². The minimum atomic E-state index is -1.07. The van der Waals surface area contributed by atoms with E-state index in [9.17, 15) is 9.59 Å². The monoisotopic (exact) mass is 160 g/mol. The number of carbonyl (C=O) groups excluding carboxylic acids is 2. The van der Waals surface area contributed by atoms with Gasteiger partial charge in [0.05, 0.1) is 0 Å². The normalized spacial score (nSPS) is 7.33. The molecule has 0 N–H and O–H groups in total. The van der Waals surface area contributed by atoms with Gasteiger partial charge in [-0.3, -0.25) is 4.79 Å². The Kier molecular flexibility index (Phi) is 8.83. The molecule has 0 bridgehead atoms. The van der Waals surface area contributed by atoms with Crippen molar-refractivity contribution in [2.45, 2.75) is 13.3 Å². The van der Waals surface area contributed by atoms with Gasteiger partial charge in [0, 0.05) is 18.0 Å². The minimum absolute atomic E-state index is 0. The van der Waals surface area contributed by atoms with Gasteiger partial charge in [-0.2, -0.15) is 0 Å². The first-order chi connectivity index (χ1) is 3.66. The Morgan fingerprint density at radius 3 is 2.22 bits per heavy atom. The van der Waals surface area contributed by atoms with Gasteiger partial charge in [0.2, 0.25) is 0 Å². The number of ether oxygens (including phenoxy) is 1. The van der Waals surface area contributed by atoms with Crippen LogP contribution in [0.2, 0.25) is 0 Å². The zero-order valence-electron chi connectivity index (χ0n) is 6.31. The average Bonchev–Trinajstić information content (AvgIpc) is 1.65. The maximum absolute atomic E-state index is 10.1. The van der Waals surface area contributed by atoms with Crippen molar-refractivity contribution < 1.29 is 45.3 Å². The van der Waals surface area contributed by atoms with Crippen LogP contribution >= 0.6 is 11.6 Å². The maximum Gasteiger partial charge on any atom is 1.00 e. The van der Waals surface area contributed by atoms with Gasteiger partial charge in [0.25, 0.3) is 0 Å². The molecular weight excluding hydrogens is 154 g/mol. The molecule has 0 amide bonds. The van der Waals surface area contributed by atoms with Crippen LogP contribution in [0.25, 0.3) is 0 Å². The molecule has 0 atom stereocenters. The molecule has 0 aliphatic carbocycles. The third kappa shape index (κ3) is 8.43. The van der Waals surface area contributed by atoms with Gasteiger partial charge < -0.3 is 6.16 Å². The maximum atomic E-state index is 10.1. The van der Waals surface area contributed by atoms with Crippen LogP contribution in [0.15, 0.2) is 0 Å². The molecule has 0 aromatic carbocycles. The first-order valence-corrected chi connectivity index (χ1v) is 2.44. The van der Waals surface area contributed by atoms with E-state index in [-0.39, 0.29) is 37.4 Å². The van der Waals surface area contributed by atoms with E-state index in [0.717, 1.165) is 0 Å². The van der Waals surface area contributed by atoms with E-state index >= 15 is 0 Å². The van der Waals surface area contributed by atoms with E-state index in [4.69, 9.17) is 0 Å². The fourth-order valence-corrected chi connectivity index (χ4v) is 0.248. The van der Waals surface area contributed by atoms with Crippen molar-refractivity contribution in [3.05, 3.63) is 0 Å². The van der Waals surface area contributed by atoms with E-state index in [0.29, 0.717) is 0 Å². The van der Waals surface area contributed by atoms with Gasteiger partial charge in [-0.15, -0.1) is 0 Å². The molecule has 0 heterocycles. The summed E-state index contributed by atoms with van der Waals surface area (Å²) in [5, 5.41) is 0. The third-order valence-electron chi connectivity index (χ3n) is 0.483. The summed E-state index contributed by atoms with van der Waals surface area (Å²) in [6, 6.07) is 0. The van der Waals surface area contributed by atoms with Crippen LogP contribution in [0.5, 0.6) is 0 Å². The minimum Gasteiger partial charge on any atom is -1.00 e. The van der Waals surface area contributed by atoms with Crippen LogP contribution < -0.4 is 29.6 Å². The molecular formula is C4H6ClNaO3. The molecule has 0 fully saturated rings. The van der Waals surface area contributed by atoms with Crippen LogP contribution in [0.3, 0.4) is 0 Å². The number of esters is 1. The molecule has 0 rings (SSSR count). The second-order valence-corrected chi connectivity index (χ2v) is 1.37. The van der Waals surface area contributed by atoms with Crippen molar-refractivity contribution in [1.82, 2.24) is 0 Å². The number of halogens is 1. The molecule has 0 aromatic rings. The molecule has 9 heavy (non-hydrogen) atoms. The molecule has 0 saturated carbocycles. The molecule has 0 radical (unpaired) electrons. The van der Waals surface area contributed by atoms with Crippen molar-refractivity contribution >= 4 is 23.0 Å². The first kappa shape index (κ1) is 12.1. The molecule has 0 saturated heterocycles. The van der Waals surface area contributed by atoms with Crippen LogP contribution in [0, 0.1) is 0 Å². The Bertz CT molecular complexity index is 119. The van der Waals surface area contributed by atoms with E-state index in [2.05, 4.69) is 16.3 Å². The molecule has 0 spiro atoms. The van der Waals surface area contributed by atoms with E-state index in [1.807, 2.05) is 0 Å². The van der Waals surface area contributed by atoms with Crippen LogP contribution in [-0.2, 0) is 9.53 Å². The summed E-state index contributed by atoms with van der Waals surface area (Å²) in [5.74, 6) is -0.606. The third-order valence-corrected chi connectivity index (χ3v) is 0.560. The Morgan fingerprint density at radius 1 is 1.67 bits per heavy atom. The molecule has 5 heteroatoms. The zero-order chi connectivity index (χ0) is 6.57. The summed E-state index contributed by atoms with van der Waals surface area (Å²) in [6.07, 6.45) is 0.165. The Hall–Kier alpha value is 0.430. The van der Waals surface area contributed by atoms with Crippen molar-refractivity contribution in [1.29, 1.82) is 0 Å². The fourth-order valence-electron chi connectivity index (χ4n) is 0.162. The molecule has 0 aliphatic heterocycles. The second-order valence-electron chi connectivity index (χ2n) is 1.07. The van der Waals surface area contributed by atoms with Gasteiger partial charge in [0.15, 0.2) is 0 Å². The predicted octanol–water partition coefficient (Wildman–Crippen LogP) is -1.59. The van der Waals surface area contributed by atoms with Crippen LogP contribution in [0.1, 0.15) is 14.8 Å². The van der Waals surface area contributed by atoms with Gasteiger partial charge in [-0.25, -0.2) is 4.79 Å². The quantitative estimate of drug-likeness (QED) is 0.201. The van der Waals surface area contributed by atoms with Crippen molar-refractivity contribution in [2.75, 3.05) is 0 Å². The summed E-state index contributed by atoms with van der Waals surface area (Å²) in [4.78, 5) is 19.8. The summed E-state index contributed by atoms with van der Waals surface area (Å²) >= 11 is 4.67. The van der Waals surface area contributed by atoms with Crippen molar-refractivity contribution in [3.8, 4) is 0 Å². The number of hydrogen-bond donors (Lipinski definition) is 0. The molecule has 3 nitrogen and oxygen atoms in total. The Balaban J connectivity index is -0.000000245. The van der Waals surface area contributed by atoms with Crippen LogP contribution in [0.4, 0.5) is 4.79 Å². The molecule has 48 valence electrons. The Labute approximate surface area is 81.5 Å². The first-order valence-electron chi connectivity index (χ1n) is 2.07. The van der Waals surface area contributed by atoms with Gasteiger partial charge >= 0.3 is 41.0 Å². The van der Waals surface area contributed by atoms with E-state index in [1.165, 1.54) is 0 Å². The van der Waals surface area contributed by atoms with Gasteiger partial charge in [-0.05, 0) is 0 Å². The number of carbonyl (C=O) groups is 2. The standard InChI is InChI=1S/C4H5ClO3.Na.H/c1-2-3(6)8-4(5)7;;/h2H2,1H3;;/q;+1;-1. The smallest absolute Gasteiger partial charge is 1.00 e. The fraction of sp³-hybridized carbons (Fsp3) is 0.500. The summed E-state index contributed by atoms with van der Waals surface area (Å²) in [5.41, 5.74) is -1.07. The summed E-state index contributed by atoms with van der Waals surface area (Å²) < 4.78 is 3.89. The predicted molar refractivity (Wildman–Crippen MR) is 28.7 cm³/mol. The summed E-state index contributed by atoms with van der Waals surface area (Å²) in [6.45, 7) is 1.57. The zero-order valence-corrected chi connectivity index (χ0v) is 8.07. The van der Waals surface area contributed by atoms with Gasteiger partial charge in [0.1, 0.15) is 0 Å². The molecule has 0 unspecified atom stereocenters. The van der Waals surface area contributed by atoms with Crippen molar-refractivity contribution in [3.63, 3.8) is 0 Å². The number of hydrogen-bond acceptors (Lipinski definition) is 3. The van der Waals surface area contributed by atoms with E-state index in [1.54, 1.807) is 6.92 Å². The van der Waals surface area contributed by atoms with E-state index < -0.39 is 11.4 Å². The second kappa shape index (κ2) is 6.55. The van der Waals surface area contributed by atoms with Crippen molar-refractivity contribution in [2.24, 2.45) is 0 Å². The molecule has 0 aromatic heterocycles. The largest absolute Gasteiger partial charge is 1.00 e. The molecule has 0 aliphatic rings. The SMILES string of the molecule is CCC(=O)OC(=O)Cl.[H-].[Na+]. The average molecular weight is 161 g/mol. The topological polar surface area (TPSA) is 43.4 Å². The number of rotatable bonds is 1.